The number of amides is 1. The number of carbonyl (C=O) groups is 3. The Morgan fingerprint density at radius 1 is 1.13 bits per heavy atom. The summed E-state index contributed by atoms with van der Waals surface area (Å²) >= 11 is 6.60. The summed E-state index contributed by atoms with van der Waals surface area (Å²) in [6.45, 7) is 4.80. The number of Topliss-reactive ketones (excluding diaryl/α,β-unsaturated/α-hetero) is 1. The molecule has 2 aromatic carbocycles. The van der Waals surface area contributed by atoms with Crippen LogP contribution in [0.2, 0.25) is 0 Å². The lowest BCUT2D eigenvalue weighted by molar-refractivity contribution is -0.131. The average molecular weight is 555 g/mol. The summed E-state index contributed by atoms with van der Waals surface area (Å²) in [7, 11) is 0. The van der Waals surface area contributed by atoms with Gasteiger partial charge in [-0.1, -0.05) is 35.9 Å². The first-order valence-electron chi connectivity index (χ1n) is 9.09. The number of ether oxygens (including phenoxy) is 1. The van der Waals surface area contributed by atoms with Gasteiger partial charge in [-0.2, -0.15) is 0 Å². The maximum absolute atomic E-state index is 12.6. The molecule has 164 valence electrons. The molecule has 0 heterocycles. The highest BCUT2D eigenvalue weighted by Gasteiger charge is 2.35. The Balaban J connectivity index is 2.37. The van der Waals surface area contributed by atoms with E-state index >= 15 is 0 Å². The van der Waals surface area contributed by atoms with Crippen LogP contribution in [0.3, 0.4) is 0 Å². The van der Waals surface area contributed by atoms with Crippen LogP contribution in [0.5, 0.6) is 5.75 Å². The van der Waals surface area contributed by atoms with Crippen LogP contribution in [0.1, 0.15) is 42.8 Å². The molecule has 0 saturated heterocycles. The minimum absolute atomic E-state index is 0.100. The van der Waals surface area contributed by atoms with Gasteiger partial charge in [-0.3, -0.25) is 10.1 Å². The number of aromatic hydroxyl groups is 1. The van der Waals surface area contributed by atoms with E-state index < -0.39 is 23.6 Å². The highest BCUT2D eigenvalue weighted by Crippen LogP contribution is 2.45. The van der Waals surface area contributed by atoms with Gasteiger partial charge in [0.1, 0.15) is 11.9 Å². The summed E-state index contributed by atoms with van der Waals surface area (Å²) in [5.74, 6) is -1.39. The number of rotatable bonds is 7. The number of aliphatic carboxylic acids is 1. The van der Waals surface area contributed by atoms with Crippen LogP contribution < -0.4 is 5.32 Å². The molecule has 0 aliphatic carbocycles. The van der Waals surface area contributed by atoms with Gasteiger partial charge in [0, 0.05) is 32.8 Å². The second-order valence-corrected chi connectivity index (χ2v) is 9.13. The Morgan fingerprint density at radius 3 is 2.29 bits per heavy atom. The van der Waals surface area contributed by atoms with Crippen molar-refractivity contribution in [1.82, 2.24) is 0 Å². The maximum Gasteiger partial charge on any atom is 0.412 e. The van der Waals surface area contributed by atoms with Gasteiger partial charge in [0.25, 0.3) is 0 Å². The summed E-state index contributed by atoms with van der Waals surface area (Å²) in [6, 6.07) is 9.51. The minimum Gasteiger partial charge on any atom is -0.506 e. The molecule has 0 aliphatic heterocycles. The number of anilines is 1. The van der Waals surface area contributed by atoms with Crippen molar-refractivity contribution >= 4 is 55.4 Å². The van der Waals surface area contributed by atoms with Crippen molar-refractivity contribution in [3.63, 3.8) is 0 Å². The summed E-state index contributed by atoms with van der Waals surface area (Å²) in [4.78, 5) is 35.1. The fourth-order valence-electron chi connectivity index (χ4n) is 2.82. The van der Waals surface area contributed by atoms with Crippen LogP contribution in [0.15, 0.2) is 57.5 Å². The third kappa shape index (κ3) is 6.67. The maximum atomic E-state index is 12.6. The van der Waals surface area contributed by atoms with Gasteiger partial charge in [-0.05, 0) is 59.3 Å². The summed E-state index contributed by atoms with van der Waals surface area (Å²) < 4.78 is 6.65. The molecule has 1 amide bonds. The van der Waals surface area contributed by atoms with Gasteiger partial charge in [-0.25, -0.2) is 9.59 Å². The lowest BCUT2D eigenvalue weighted by atomic mass is 9.81. The average Bonchev–Trinajstić information content (AvgIpc) is 2.68. The molecule has 1 atom stereocenters. The second kappa shape index (κ2) is 10.1. The highest BCUT2D eigenvalue weighted by atomic mass is 79.9. The van der Waals surface area contributed by atoms with E-state index in [2.05, 4.69) is 37.2 Å². The van der Waals surface area contributed by atoms with Crippen LogP contribution in [0.4, 0.5) is 10.5 Å². The first-order chi connectivity index (χ1) is 14.4. The minimum atomic E-state index is -1.15. The van der Waals surface area contributed by atoms with Crippen LogP contribution in [-0.4, -0.2) is 28.1 Å². The van der Waals surface area contributed by atoms with Crippen molar-refractivity contribution in [1.29, 1.82) is 0 Å². The lowest BCUT2D eigenvalue weighted by Gasteiger charge is -2.32. The molecule has 2 rings (SSSR count). The molecule has 0 saturated carbocycles. The third-order valence-corrected chi connectivity index (χ3v) is 5.50. The number of carbonyl (C=O) groups excluding carboxylic acids is 2. The van der Waals surface area contributed by atoms with Gasteiger partial charge in [0.05, 0.1) is 4.47 Å². The number of benzene rings is 2. The Kier molecular flexibility index (Phi) is 8.02. The third-order valence-electron chi connectivity index (χ3n) is 4.43. The number of nitrogens with one attached hydrogen (secondary N) is 1. The fourth-order valence-corrected chi connectivity index (χ4v) is 4.08. The van der Waals surface area contributed by atoms with Crippen molar-refractivity contribution in [3.8, 4) is 5.75 Å². The van der Waals surface area contributed by atoms with Crippen molar-refractivity contribution in [2.45, 2.75) is 26.9 Å². The number of ketones is 1. The molecule has 7 nitrogen and oxygen atoms in total. The normalized spacial score (nSPS) is 12.4. The zero-order chi connectivity index (χ0) is 23.3. The smallest absolute Gasteiger partial charge is 0.412 e. The monoisotopic (exact) mass is 553 g/mol. The molecule has 9 heteroatoms. The molecule has 0 aliphatic rings. The first-order valence-corrected chi connectivity index (χ1v) is 10.7. The second-order valence-electron chi connectivity index (χ2n) is 7.36. The first kappa shape index (κ1) is 24.6. The fraction of sp³-hybridized carbons (Fsp3) is 0.227. The molecule has 3 N–H and O–H groups in total. The Bertz CT molecular complexity index is 1030. The number of carboxylic acid groups (broad SMARTS) is 1. The highest BCUT2D eigenvalue weighted by molar-refractivity contribution is 9.11. The van der Waals surface area contributed by atoms with Crippen LogP contribution >= 0.6 is 31.9 Å². The van der Waals surface area contributed by atoms with E-state index in [-0.39, 0.29) is 17.1 Å². The van der Waals surface area contributed by atoms with Crippen LogP contribution in [0.25, 0.3) is 0 Å². The number of carboxylic acids is 1. The topological polar surface area (TPSA) is 113 Å². The number of hydrogen-bond acceptors (Lipinski definition) is 5. The molecule has 2 aromatic rings. The molecule has 0 unspecified atom stereocenters. The van der Waals surface area contributed by atoms with Crippen molar-refractivity contribution in [3.05, 3.63) is 68.6 Å². The van der Waals surface area contributed by atoms with Crippen LogP contribution in [-0.2, 0) is 9.53 Å². The number of phenolic OH excluding ortho intramolecular Hbond substituents is 1. The molecule has 0 radical (unpaired) electrons. The predicted molar refractivity (Wildman–Crippen MR) is 123 cm³/mol. The predicted octanol–water partition coefficient (Wildman–Crippen LogP) is 6.08. The van der Waals surface area contributed by atoms with Gasteiger partial charge in [0.15, 0.2) is 5.78 Å². The van der Waals surface area contributed by atoms with E-state index in [9.17, 15) is 19.5 Å². The standard InChI is InChI=1S/C22H21Br2NO6/c1-12(26)13-4-6-15(7-5-13)25-21(30)31-20(22(2,3)9-8-18(27)28)16-10-14(23)11-17(24)19(16)29/h4-11,20,29H,1-3H3,(H,25,30)(H,27,28)/b9-8+/t20-/m1/s1. The quantitative estimate of drug-likeness (QED) is 0.282. The van der Waals surface area contributed by atoms with Gasteiger partial charge in [-0.15, -0.1) is 0 Å². The largest absolute Gasteiger partial charge is 0.506 e. The number of phenols is 1. The van der Waals surface area contributed by atoms with E-state index in [4.69, 9.17) is 9.84 Å². The zero-order valence-corrected chi connectivity index (χ0v) is 20.2. The molecule has 0 bridgehead atoms. The van der Waals surface area contributed by atoms with E-state index in [0.29, 0.717) is 20.2 Å². The summed E-state index contributed by atoms with van der Waals surface area (Å²) in [5, 5.41) is 22.2. The van der Waals surface area contributed by atoms with Crippen molar-refractivity contribution in [2.75, 3.05) is 5.32 Å². The Hall–Kier alpha value is -2.65. The lowest BCUT2D eigenvalue weighted by Crippen LogP contribution is -2.28. The summed E-state index contributed by atoms with van der Waals surface area (Å²) in [5.41, 5.74) is 0.197. The van der Waals surface area contributed by atoms with Crippen molar-refractivity contribution in [2.24, 2.45) is 5.41 Å². The van der Waals surface area contributed by atoms with Gasteiger partial charge < -0.3 is 14.9 Å². The SMILES string of the molecule is CC(=O)c1ccc(NC(=O)O[C@H](c2cc(Br)cc(Br)c2O)C(C)(C)/C=C/C(=O)O)cc1. The summed E-state index contributed by atoms with van der Waals surface area (Å²) in [6.07, 6.45) is 0.503. The molecular formula is C22H21Br2NO6. The molecule has 31 heavy (non-hydrogen) atoms. The molecule has 0 fully saturated rings. The van der Waals surface area contributed by atoms with Gasteiger partial charge in [0.2, 0.25) is 0 Å². The van der Waals surface area contributed by atoms with E-state index in [1.807, 2.05) is 0 Å². The molecule has 0 aromatic heterocycles. The van der Waals surface area contributed by atoms with E-state index in [1.54, 1.807) is 50.2 Å². The van der Waals surface area contributed by atoms with E-state index in [0.717, 1.165) is 6.08 Å². The van der Waals surface area contributed by atoms with Crippen LogP contribution in [0, 0.1) is 5.41 Å². The number of hydrogen-bond donors (Lipinski definition) is 3. The molecule has 0 spiro atoms. The Labute approximate surface area is 196 Å². The van der Waals surface area contributed by atoms with Crippen molar-refractivity contribution < 1.29 is 29.3 Å². The molecular weight excluding hydrogens is 534 g/mol. The Morgan fingerprint density at radius 2 is 1.74 bits per heavy atom. The van der Waals surface area contributed by atoms with E-state index in [1.165, 1.54) is 13.0 Å². The zero-order valence-electron chi connectivity index (χ0n) is 17.0. The number of halogens is 2. The van der Waals surface area contributed by atoms with Gasteiger partial charge >= 0.3 is 12.1 Å².